The first kappa shape index (κ1) is 14.3. The van der Waals surface area contributed by atoms with Crippen molar-refractivity contribution in [3.63, 3.8) is 0 Å². The van der Waals surface area contributed by atoms with Crippen LogP contribution < -0.4 is 5.73 Å². The van der Waals surface area contributed by atoms with E-state index < -0.39 is 5.60 Å². The third kappa shape index (κ3) is 2.92. The van der Waals surface area contributed by atoms with Crippen LogP contribution in [0.4, 0.5) is 5.69 Å². The lowest BCUT2D eigenvalue weighted by Crippen LogP contribution is -2.36. The average molecular weight is 283 g/mol. The molecule has 2 heterocycles. The summed E-state index contributed by atoms with van der Waals surface area (Å²) in [5.41, 5.74) is 5.67. The summed E-state index contributed by atoms with van der Waals surface area (Å²) in [6.45, 7) is 9.82. The van der Waals surface area contributed by atoms with Crippen LogP contribution in [-0.4, -0.2) is 23.3 Å². The van der Waals surface area contributed by atoms with Gasteiger partial charge in [-0.05, 0) is 40.7 Å². The maximum absolute atomic E-state index is 12.1. The number of carbonyl (C=O) groups is 1. The average Bonchev–Trinajstić information content (AvgIpc) is 2.65. The molecule has 1 aliphatic rings. The quantitative estimate of drug-likeness (QED) is 0.847. The highest BCUT2D eigenvalue weighted by Crippen LogP contribution is 2.39. The van der Waals surface area contributed by atoms with Crippen molar-refractivity contribution in [1.82, 2.24) is 0 Å². The topological polar surface area (TPSA) is 61.5 Å². The van der Waals surface area contributed by atoms with Crippen LogP contribution in [0.15, 0.2) is 6.07 Å². The van der Waals surface area contributed by atoms with Gasteiger partial charge < -0.3 is 15.2 Å². The minimum atomic E-state index is -0.461. The Labute approximate surface area is 117 Å². The number of esters is 1. The van der Waals surface area contributed by atoms with Gasteiger partial charge in [0.25, 0.3) is 0 Å². The van der Waals surface area contributed by atoms with E-state index in [1.54, 1.807) is 6.07 Å². The predicted molar refractivity (Wildman–Crippen MR) is 76.5 cm³/mol. The molecule has 2 N–H and O–H groups in total. The molecule has 1 atom stereocenters. The SMILES string of the molecule is Cc1sc(C(=O)OC2CC(C)(C)OC2(C)C)cc1N. The molecular formula is C14H21NO3S. The third-order valence-corrected chi connectivity index (χ3v) is 4.44. The Morgan fingerprint density at radius 1 is 1.47 bits per heavy atom. The third-order valence-electron chi connectivity index (χ3n) is 3.40. The van der Waals surface area contributed by atoms with Crippen LogP contribution in [0, 0.1) is 6.92 Å². The molecule has 0 saturated carbocycles. The van der Waals surface area contributed by atoms with Crippen LogP contribution in [0.25, 0.3) is 0 Å². The molecule has 0 radical (unpaired) electrons. The van der Waals surface area contributed by atoms with Gasteiger partial charge >= 0.3 is 5.97 Å². The van der Waals surface area contributed by atoms with Crippen LogP contribution in [0.3, 0.4) is 0 Å². The smallest absolute Gasteiger partial charge is 0.348 e. The number of carbonyl (C=O) groups excluding carboxylic acids is 1. The van der Waals surface area contributed by atoms with E-state index in [1.807, 2.05) is 34.6 Å². The van der Waals surface area contributed by atoms with Gasteiger partial charge in [-0.1, -0.05) is 0 Å². The summed E-state index contributed by atoms with van der Waals surface area (Å²) >= 11 is 1.37. The molecule has 0 aromatic carbocycles. The molecule has 1 aromatic heterocycles. The molecule has 0 aliphatic carbocycles. The number of ether oxygens (including phenoxy) is 2. The highest BCUT2D eigenvalue weighted by Gasteiger charge is 2.48. The van der Waals surface area contributed by atoms with E-state index in [9.17, 15) is 4.79 Å². The Bertz CT molecular complexity index is 485. The van der Waals surface area contributed by atoms with Crippen molar-refractivity contribution in [2.24, 2.45) is 0 Å². The molecule has 0 spiro atoms. The highest BCUT2D eigenvalue weighted by molar-refractivity contribution is 7.14. The van der Waals surface area contributed by atoms with Gasteiger partial charge in [0.2, 0.25) is 0 Å². The maximum Gasteiger partial charge on any atom is 0.348 e. The van der Waals surface area contributed by atoms with Crippen LogP contribution >= 0.6 is 11.3 Å². The second-order valence-electron chi connectivity index (χ2n) is 6.19. The molecule has 1 unspecified atom stereocenters. The number of aryl methyl sites for hydroxylation is 1. The molecule has 0 bridgehead atoms. The number of anilines is 1. The molecule has 2 rings (SSSR count). The lowest BCUT2D eigenvalue weighted by Gasteiger charge is -2.26. The van der Waals surface area contributed by atoms with Gasteiger partial charge in [0.15, 0.2) is 0 Å². The standard InChI is InChI=1S/C14H21NO3S/c1-8-9(15)6-10(19-8)12(16)17-11-7-13(2,3)18-14(11,4)5/h6,11H,7,15H2,1-5H3. The first-order chi connectivity index (χ1) is 8.61. The summed E-state index contributed by atoms with van der Waals surface area (Å²) in [4.78, 5) is 13.6. The van der Waals surface area contributed by atoms with E-state index in [0.29, 0.717) is 17.0 Å². The number of nitrogen functional groups attached to an aromatic ring is 1. The first-order valence-electron chi connectivity index (χ1n) is 6.38. The molecule has 1 aliphatic heterocycles. The summed E-state index contributed by atoms with van der Waals surface area (Å²) in [7, 11) is 0. The second kappa shape index (κ2) is 4.49. The zero-order valence-electron chi connectivity index (χ0n) is 12.1. The van der Waals surface area contributed by atoms with Gasteiger partial charge in [0.1, 0.15) is 16.6 Å². The van der Waals surface area contributed by atoms with Crippen molar-refractivity contribution < 1.29 is 14.3 Å². The predicted octanol–water partition coefficient (Wildman–Crippen LogP) is 3.14. The second-order valence-corrected chi connectivity index (χ2v) is 7.44. The molecular weight excluding hydrogens is 262 g/mol. The molecule has 1 saturated heterocycles. The zero-order chi connectivity index (χ0) is 14.4. The van der Waals surface area contributed by atoms with E-state index in [1.165, 1.54) is 11.3 Å². The monoisotopic (exact) mass is 283 g/mol. The summed E-state index contributed by atoms with van der Waals surface area (Å²) < 4.78 is 11.5. The van der Waals surface area contributed by atoms with Crippen molar-refractivity contribution in [2.45, 2.75) is 58.3 Å². The number of nitrogens with two attached hydrogens (primary N) is 1. The minimum absolute atomic E-state index is 0.237. The fraction of sp³-hybridized carbons (Fsp3) is 0.643. The molecule has 19 heavy (non-hydrogen) atoms. The normalized spacial score (nSPS) is 24.4. The fourth-order valence-corrected chi connectivity index (χ4v) is 3.30. The van der Waals surface area contributed by atoms with E-state index in [4.69, 9.17) is 15.2 Å². The molecule has 1 fully saturated rings. The van der Waals surface area contributed by atoms with Gasteiger partial charge in [-0.2, -0.15) is 0 Å². The molecule has 0 amide bonds. The van der Waals surface area contributed by atoms with E-state index in [2.05, 4.69) is 0 Å². The molecule has 4 nitrogen and oxygen atoms in total. The number of hydrogen-bond donors (Lipinski definition) is 1. The van der Waals surface area contributed by atoms with Crippen molar-refractivity contribution in [1.29, 1.82) is 0 Å². The lowest BCUT2D eigenvalue weighted by molar-refractivity contribution is -0.0924. The maximum atomic E-state index is 12.1. The van der Waals surface area contributed by atoms with Gasteiger partial charge in [-0.25, -0.2) is 4.79 Å². The lowest BCUT2D eigenvalue weighted by atomic mass is 9.97. The van der Waals surface area contributed by atoms with E-state index in [0.717, 1.165) is 4.88 Å². The van der Waals surface area contributed by atoms with Crippen molar-refractivity contribution in [3.8, 4) is 0 Å². The van der Waals surface area contributed by atoms with E-state index >= 15 is 0 Å². The van der Waals surface area contributed by atoms with Crippen molar-refractivity contribution >= 4 is 23.0 Å². The number of thiophene rings is 1. The Morgan fingerprint density at radius 3 is 2.53 bits per heavy atom. The Hall–Kier alpha value is -1.07. The molecule has 106 valence electrons. The largest absolute Gasteiger partial charge is 0.455 e. The number of hydrogen-bond acceptors (Lipinski definition) is 5. The van der Waals surface area contributed by atoms with Crippen LogP contribution in [0.5, 0.6) is 0 Å². The minimum Gasteiger partial charge on any atom is -0.455 e. The Balaban J connectivity index is 2.11. The Morgan fingerprint density at radius 2 is 2.11 bits per heavy atom. The summed E-state index contributed by atoms with van der Waals surface area (Å²) in [6.07, 6.45) is 0.463. The van der Waals surface area contributed by atoms with Crippen LogP contribution in [0.2, 0.25) is 0 Å². The van der Waals surface area contributed by atoms with Crippen LogP contribution in [-0.2, 0) is 9.47 Å². The number of rotatable bonds is 2. The fourth-order valence-electron chi connectivity index (χ4n) is 2.48. The van der Waals surface area contributed by atoms with Gasteiger partial charge in [0, 0.05) is 17.0 Å². The van der Waals surface area contributed by atoms with Crippen molar-refractivity contribution in [3.05, 3.63) is 15.8 Å². The zero-order valence-corrected chi connectivity index (χ0v) is 12.9. The summed E-state index contributed by atoms with van der Waals surface area (Å²) in [5.74, 6) is -0.316. The molecule has 1 aromatic rings. The first-order valence-corrected chi connectivity index (χ1v) is 7.19. The summed E-state index contributed by atoms with van der Waals surface area (Å²) in [5, 5.41) is 0. The Kier molecular flexibility index (Phi) is 3.39. The van der Waals surface area contributed by atoms with Gasteiger partial charge in [-0.15, -0.1) is 11.3 Å². The van der Waals surface area contributed by atoms with Crippen LogP contribution in [0.1, 0.15) is 48.7 Å². The van der Waals surface area contributed by atoms with E-state index in [-0.39, 0.29) is 17.7 Å². The molecule has 5 heteroatoms. The summed E-state index contributed by atoms with van der Waals surface area (Å²) in [6, 6.07) is 1.68. The highest BCUT2D eigenvalue weighted by atomic mass is 32.1. The van der Waals surface area contributed by atoms with Gasteiger partial charge in [0.05, 0.1) is 5.60 Å². The van der Waals surface area contributed by atoms with Crippen molar-refractivity contribution in [2.75, 3.05) is 5.73 Å². The van der Waals surface area contributed by atoms with Gasteiger partial charge in [-0.3, -0.25) is 0 Å².